The maximum atomic E-state index is 13.3. The largest absolute Gasteiger partial charge is 0.341 e. The van der Waals surface area contributed by atoms with Gasteiger partial charge in [-0.2, -0.15) is 0 Å². The third kappa shape index (κ3) is 5.54. The van der Waals surface area contributed by atoms with Crippen LogP contribution in [0.25, 0.3) is 10.9 Å². The van der Waals surface area contributed by atoms with Gasteiger partial charge < -0.3 is 14.4 Å². The summed E-state index contributed by atoms with van der Waals surface area (Å²) in [4.78, 5) is 42.8. The summed E-state index contributed by atoms with van der Waals surface area (Å²) in [6.07, 6.45) is 4.94. The Bertz CT molecular complexity index is 929. The lowest BCUT2D eigenvalue weighted by Crippen LogP contribution is -2.41. The molecule has 0 aliphatic carbocycles. The molecule has 1 aromatic heterocycles. The molecule has 6 nitrogen and oxygen atoms in total. The smallest absolute Gasteiger partial charge is 0.295 e. The van der Waals surface area contributed by atoms with Crippen molar-refractivity contribution in [3.63, 3.8) is 0 Å². The van der Waals surface area contributed by atoms with E-state index in [0.29, 0.717) is 18.7 Å². The lowest BCUT2D eigenvalue weighted by molar-refractivity contribution is -0.132. The maximum Gasteiger partial charge on any atom is 0.295 e. The Morgan fingerprint density at radius 2 is 1.55 bits per heavy atom. The molecule has 1 fully saturated rings. The Hall–Kier alpha value is -2.63. The van der Waals surface area contributed by atoms with E-state index in [9.17, 15) is 14.4 Å². The van der Waals surface area contributed by atoms with E-state index in [1.54, 1.807) is 11.1 Å². The molecule has 0 unspecified atom stereocenters. The van der Waals surface area contributed by atoms with Gasteiger partial charge in [-0.1, -0.05) is 45.9 Å². The molecule has 2 amide bonds. The molecule has 1 aliphatic heterocycles. The molecule has 0 N–H and O–H groups in total. The van der Waals surface area contributed by atoms with Crippen molar-refractivity contribution in [1.82, 2.24) is 14.4 Å². The zero-order valence-corrected chi connectivity index (χ0v) is 19.3. The van der Waals surface area contributed by atoms with E-state index >= 15 is 0 Å². The van der Waals surface area contributed by atoms with Crippen molar-refractivity contribution in [2.45, 2.75) is 53.5 Å². The number of piperidine rings is 1. The van der Waals surface area contributed by atoms with E-state index in [1.807, 2.05) is 61.4 Å². The summed E-state index contributed by atoms with van der Waals surface area (Å²) in [5.74, 6) is -0.348. The van der Waals surface area contributed by atoms with Gasteiger partial charge in [0.25, 0.3) is 11.7 Å². The summed E-state index contributed by atoms with van der Waals surface area (Å²) in [5, 5.41) is 0.723. The number of carbonyl (C=O) groups is 3. The summed E-state index contributed by atoms with van der Waals surface area (Å²) in [6, 6.07) is 7.51. The molecule has 2 aromatic rings. The molecule has 168 valence electrons. The fourth-order valence-electron chi connectivity index (χ4n) is 4.33. The second kappa shape index (κ2) is 10.1. The summed E-state index contributed by atoms with van der Waals surface area (Å²) in [6.45, 7) is 11.1. The van der Waals surface area contributed by atoms with Gasteiger partial charge in [0.15, 0.2) is 0 Å². The minimum atomic E-state index is -0.498. The number of aromatic nitrogens is 1. The predicted molar refractivity (Wildman–Crippen MR) is 123 cm³/mol. The van der Waals surface area contributed by atoms with Crippen molar-refractivity contribution in [3.05, 3.63) is 36.0 Å². The molecule has 1 aliphatic rings. The monoisotopic (exact) mass is 425 g/mol. The van der Waals surface area contributed by atoms with E-state index in [2.05, 4.69) is 0 Å². The third-order valence-electron chi connectivity index (χ3n) is 5.70. The second-order valence-corrected chi connectivity index (χ2v) is 9.46. The molecule has 0 radical (unpaired) electrons. The van der Waals surface area contributed by atoms with Crippen molar-refractivity contribution in [2.24, 2.45) is 11.8 Å². The number of likely N-dealkylation sites (tertiary alicyclic amines) is 1. The fraction of sp³-hybridized carbons (Fsp3) is 0.560. The number of rotatable bonds is 8. The molecule has 0 spiro atoms. The first kappa shape index (κ1) is 23.0. The van der Waals surface area contributed by atoms with Crippen LogP contribution in [0.15, 0.2) is 30.5 Å². The lowest BCUT2D eigenvalue weighted by Gasteiger charge is -2.27. The Morgan fingerprint density at radius 1 is 0.935 bits per heavy atom. The average Bonchev–Trinajstić information content (AvgIpc) is 3.10. The molecule has 0 bridgehead atoms. The van der Waals surface area contributed by atoms with Crippen LogP contribution in [-0.4, -0.2) is 58.1 Å². The van der Waals surface area contributed by atoms with Crippen molar-refractivity contribution < 1.29 is 14.4 Å². The highest BCUT2D eigenvalue weighted by Crippen LogP contribution is 2.23. The Kier molecular flexibility index (Phi) is 7.52. The topological polar surface area (TPSA) is 62.6 Å². The molecule has 6 heteroatoms. The SMILES string of the molecule is CC(C)CN(CC(C)C)C(=O)C(=O)c1cn(CC(=O)N2CCCCC2)c2ccccc12. The van der Waals surface area contributed by atoms with E-state index in [0.717, 1.165) is 36.8 Å². The molecule has 1 saturated heterocycles. The first-order valence-corrected chi connectivity index (χ1v) is 11.5. The molecule has 0 atom stereocenters. The molecule has 2 heterocycles. The van der Waals surface area contributed by atoms with Crippen molar-refractivity contribution >= 4 is 28.5 Å². The quantitative estimate of drug-likeness (QED) is 0.475. The van der Waals surface area contributed by atoms with E-state index in [1.165, 1.54) is 6.42 Å². The number of hydrogen-bond acceptors (Lipinski definition) is 3. The van der Waals surface area contributed by atoms with Crippen LogP contribution in [0.4, 0.5) is 0 Å². The van der Waals surface area contributed by atoms with Gasteiger partial charge in [0.2, 0.25) is 5.91 Å². The minimum absolute atomic E-state index is 0.0621. The highest BCUT2D eigenvalue weighted by molar-refractivity contribution is 6.44. The zero-order valence-electron chi connectivity index (χ0n) is 19.3. The van der Waals surface area contributed by atoms with Gasteiger partial charge >= 0.3 is 0 Å². The van der Waals surface area contributed by atoms with Gasteiger partial charge in [-0.05, 0) is 37.2 Å². The maximum absolute atomic E-state index is 13.3. The summed E-state index contributed by atoms with van der Waals surface area (Å²) < 4.78 is 1.82. The number of nitrogens with zero attached hydrogens (tertiary/aromatic N) is 3. The summed E-state index contributed by atoms with van der Waals surface area (Å²) in [5.41, 5.74) is 1.19. The number of fused-ring (bicyclic) bond motifs is 1. The van der Waals surface area contributed by atoms with Crippen LogP contribution in [0.1, 0.15) is 57.3 Å². The first-order valence-electron chi connectivity index (χ1n) is 11.5. The molecule has 3 rings (SSSR count). The molecular formula is C25H35N3O3. The Labute approximate surface area is 185 Å². The minimum Gasteiger partial charge on any atom is -0.341 e. The Balaban J connectivity index is 1.88. The number of Topliss-reactive ketones (excluding diaryl/α,β-unsaturated/α-hetero) is 1. The van der Waals surface area contributed by atoms with Crippen LogP contribution in [0.3, 0.4) is 0 Å². The third-order valence-corrected chi connectivity index (χ3v) is 5.70. The van der Waals surface area contributed by atoms with Crippen LogP contribution in [0.2, 0.25) is 0 Å². The van der Waals surface area contributed by atoms with Crippen LogP contribution in [-0.2, 0) is 16.1 Å². The lowest BCUT2D eigenvalue weighted by atomic mass is 10.1. The molecular weight excluding hydrogens is 390 g/mol. The van der Waals surface area contributed by atoms with Gasteiger partial charge in [0.05, 0.1) is 5.56 Å². The van der Waals surface area contributed by atoms with Crippen LogP contribution < -0.4 is 0 Å². The summed E-state index contributed by atoms with van der Waals surface area (Å²) in [7, 11) is 0. The number of para-hydroxylation sites is 1. The molecule has 0 saturated carbocycles. The number of amides is 2. The fourth-order valence-corrected chi connectivity index (χ4v) is 4.33. The van der Waals surface area contributed by atoms with Crippen LogP contribution in [0, 0.1) is 11.8 Å². The number of carbonyl (C=O) groups excluding carboxylic acids is 3. The average molecular weight is 426 g/mol. The van der Waals surface area contributed by atoms with Gasteiger partial charge in [-0.25, -0.2) is 0 Å². The number of ketones is 1. The van der Waals surface area contributed by atoms with Crippen molar-refractivity contribution in [2.75, 3.05) is 26.2 Å². The van der Waals surface area contributed by atoms with E-state index in [-0.39, 0.29) is 24.3 Å². The second-order valence-electron chi connectivity index (χ2n) is 9.46. The van der Waals surface area contributed by atoms with Gasteiger partial charge in [-0.3, -0.25) is 14.4 Å². The highest BCUT2D eigenvalue weighted by Gasteiger charge is 2.28. The predicted octanol–water partition coefficient (Wildman–Crippen LogP) is 3.98. The zero-order chi connectivity index (χ0) is 22.5. The summed E-state index contributed by atoms with van der Waals surface area (Å²) >= 11 is 0. The van der Waals surface area contributed by atoms with Crippen molar-refractivity contribution in [3.8, 4) is 0 Å². The van der Waals surface area contributed by atoms with Crippen molar-refractivity contribution in [1.29, 1.82) is 0 Å². The van der Waals surface area contributed by atoms with E-state index < -0.39 is 11.7 Å². The normalized spacial score (nSPS) is 14.5. The van der Waals surface area contributed by atoms with Crippen LogP contribution in [0.5, 0.6) is 0 Å². The first-order chi connectivity index (χ1) is 14.8. The highest BCUT2D eigenvalue weighted by atomic mass is 16.2. The Morgan fingerprint density at radius 3 is 2.16 bits per heavy atom. The molecule has 31 heavy (non-hydrogen) atoms. The van der Waals surface area contributed by atoms with E-state index in [4.69, 9.17) is 0 Å². The van der Waals surface area contributed by atoms with Gasteiger partial charge in [-0.15, -0.1) is 0 Å². The molecule has 1 aromatic carbocycles. The van der Waals surface area contributed by atoms with Crippen LogP contribution >= 0.6 is 0 Å². The number of hydrogen-bond donors (Lipinski definition) is 0. The van der Waals surface area contributed by atoms with Gasteiger partial charge in [0.1, 0.15) is 6.54 Å². The van der Waals surface area contributed by atoms with Gasteiger partial charge in [0, 0.05) is 43.3 Å². The number of benzene rings is 1. The standard InChI is InChI=1S/C25H35N3O3/c1-18(2)14-28(15-19(3)4)25(31)24(30)21-16-27(22-11-7-6-10-20(21)22)17-23(29)26-12-8-5-9-13-26/h6-7,10-11,16,18-19H,5,8-9,12-15,17H2,1-4H3.